The topological polar surface area (TPSA) is 107 Å². The smallest absolute Gasteiger partial charge is 0.263 e. The molecule has 1 fully saturated rings. The van der Waals surface area contributed by atoms with Gasteiger partial charge in [-0.05, 0) is 43.1 Å². The minimum Gasteiger partial charge on any atom is -0.420 e. The van der Waals surface area contributed by atoms with Crippen LogP contribution in [-0.2, 0) is 16.1 Å². The lowest BCUT2D eigenvalue weighted by Crippen LogP contribution is -2.34. The van der Waals surface area contributed by atoms with Crippen LogP contribution in [0.2, 0.25) is 5.28 Å². The Morgan fingerprint density at radius 3 is 3.03 bits per heavy atom. The fraction of sp³-hybridized carbons (Fsp3) is 0.333. The maximum atomic E-state index is 12.7. The Kier molecular flexibility index (Phi) is 5.89. The first kappa shape index (κ1) is 22.4. The maximum absolute atomic E-state index is 12.7. The lowest BCUT2D eigenvalue weighted by Gasteiger charge is -2.13. The van der Waals surface area contributed by atoms with Crippen molar-refractivity contribution >= 4 is 55.5 Å². The number of halogens is 1. The predicted molar refractivity (Wildman–Crippen MR) is 134 cm³/mol. The van der Waals surface area contributed by atoms with Crippen LogP contribution in [0.3, 0.4) is 0 Å². The number of anilines is 1. The highest BCUT2D eigenvalue weighted by Crippen LogP contribution is 2.41. The van der Waals surface area contributed by atoms with Gasteiger partial charge in [0.05, 0.1) is 36.1 Å². The van der Waals surface area contributed by atoms with Crippen molar-refractivity contribution < 1.29 is 19.0 Å². The molecule has 5 heterocycles. The third kappa shape index (κ3) is 4.38. The lowest BCUT2D eigenvalue weighted by atomic mass is 10.1. The summed E-state index contributed by atoms with van der Waals surface area (Å²) in [5, 5.41) is 8.46. The summed E-state index contributed by atoms with van der Waals surface area (Å²) in [4.78, 5) is 26.4. The Morgan fingerprint density at radius 1 is 1.26 bits per heavy atom. The number of hydrogen-bond acceptors (Lipinski definition) is 9. The summed E-state index contributed by atoms with van der Waals surface area (Å²) in [5.41, 5.74) is 2.27. The highest BCUT2D eigenvalue weighted by atomic mass is 35.5. The molecule has 0 radical (unpaired) electrons. The number of nitrogens with zero attached hydrogens (tertiary/aromatic N) is 3. The van der Waals surface area contributed by atoms with E-state index in [2.05, 4.69) is 20.6 Å². The van der Waals surface area contributed by atoms with Crippen molar-refractivity contribution in [1.29, 1.82) is 0 Å². The Bertz CT molecular complexity index is 1440. The lowest BCUT2D eigenvalue weighted by molar-refractivity contribution is 0.0307. The summed E-state index contributed by atoms with van der Waals surface area (Å²) in [6, 6.07) is 7.70. The molecule has 2 aliphatic heterocycles. The summed E-state index contributed by atoms with van der Waals surface area (Å²) in [5.74, 6) is 0.616. The van der Waals surface area contributed by atoms with E-state index in [1.54, 1.807) is 12.3 Å². The zero-order valence-electron chi connectivity index (χ0n) is 18.8. The minimum absolute atomic E-state index is 0.0409. The van der Waals surface area contributed by atoms with Gasteiger partial charge in [-0.25, -0.2) is 9.97 Å². The fourth-order valence-corrected chi connectivity index (χ4v) is 5.50. The second-order valence-corrected chi connectivity index (χ2v) is 9.97. The van der Waals surface area contributed by atoms with Crippen LogP contribution in [0.1, 0.15) is 28.6 Å². The highest BCUT2D eigenvalue weighted by Gasteiger charge is 2.25. The monoisotopic (exact) mass is 511 g/mol. The quantitative estimate of drug-likeness (QED) is 0.376. The van der Waals surface area contributed by atoms with E-state index in [-0.39, 0.29) is 29.9 Å². The number of carbonyl (C=O) groups is 1. The third-order valence-electron chi connectivity index (χ3n) is 6.02. The van der Waals surface area contributed by atoms with Gasteiger partial charge in [-0.15, -0.1) is 11.3 Å². The summed E-state index contributed by atoms with van der Waals surface area (Å²) in [7, 11) is 0. The molecule has 3 aromatic heterocycles. The molecule has 2 aliphatic rings. The van der Waals surface area contributed by atoms with E-state index in [4.69, 9.17) is 30.8 Å². The molecule has 0 bridgehead atoms. The second-order valence-electron chi connectivity index (χ2n) is 8.58. The molecule has 11 heteroatoms. The van der Waals surface area contributed by atoms with Gasteiger partial charge in [-0.3, -0.25) is 4.79 Å². The van der Waals surface area contributed by atoms with Crippen LogP contribution in [0.5, 0.6) is 11.8 Å². The van der Waals surface area contributed by atoms with E-state index < -0.39 is 0 Å². The summed E-state index contributed by atoms with van der Waals surface area (Å²) in [6.07, 6.45) is 2.50. The largest absolute Gasteiger partial charge is 0.420 e. The van der Waals surface area contributed by atoms with Crippen LogP contribution in [-0.4, -0.2) is 52.8 Å². The van der Waals surface area contributed by atoms with E-state index in [0.29, 0.717) is 42.0 Å². The number of amides is 1. The first-order chi connectivity index (χ1) is 17.0. The van der Waals surface area contributed by atoms with Crippen molar-refractivity contribution in [3.8, 4) is 11.8 Å². The van der Waals surface area contributed by atoms with Gasteiger partial charge >= 0.3 is 0 Å². The van der Waals surface area contributed by atoms with E-state index in [1.807, 2.05) is 25.1 Å². The molecule has 6 rings (SSSR count). The molecule has 2 N–H and O–H groups in total. The zero-order valence-corrected chi connectivity index (χ0v) is 20.4. The van der Waals surface area contributed by atoms with E-state index in [1.165, 1.54) is 11.3 Å². The van der Waals surface area contributed by atoms with Crippen LogP contribution in [0.15, 0.2) is 30.5 Å². The average Bonchev–Trinajstić information content (AvgIpc) is 3.47. The molecule has 4 aromatic rings. The van der Waals surface area contributed by atoms with Crippen molar-refractivity contribution in [2.24, 2.45) is 0 Å². The number of hydrogen-bond donors (Lipinski definition) is 2. The molecule has 1 saturated heterocycles. The molecule has 0 spiro atoms. The molecule has 0 unspecified atom stereocenters. The van der Waals surface area contributed by atoms with Crippen molar-refractivity contribution in [1.82, 2.24) is 20.3 Å². The van der Waals surface area contributed by atoms with Gasteiger partial charge < -0.3 is 24.8 Å². The number of ether oxygens (including phenoxy) is 3. The SMILES string of the molecule is C[C@H]1CNc2c(sc3ccc4nc(Oc5nc(Cl)ncc5CO[C@H]5CCOC5)ccc4c23)C(=O)N1. The van der Waals surface area contributed by atoms with Crippen LogP contribution in [0.4, 0.5) is 5.69 Å². The normalized spacial score (nSPS) is 19.9. The van der Waals surface area contributed by atoms with Crippen molar-refractivity contribution in [2.75, 3.05) is 25.1 Å². The summed E-state index contributed by atoms with van der Waals surface area (Å²) >= 11 is 7.52. The fourth-order valence-electron chi connectivity index (χ4n) is 4.27. The van der Waals surface area contributed by atoms with Gasteiger partial charge in [0.25, 0.3) is 5.91 Å². The van der Waals surface area contributed by atoms with E-state index in [0.717, 1.165) is 33.1 Å². The standard InChI is InChI=1S/C24H22ClN5O4S/c1-12-8-26-20-19-15-2-5-18(29-16(15)3-4-17(19)35-21(20)22(31)28-12)34-23-13(9-27-24(25)30-23)10-33-14-6-7-32-11-14/h2-5,9,12,14,26H,6-8,10-11H2,1H3,(H,28,31)/t12-,14-/m0/s1. The van der Waals surface area contributed by atoms with Crippen LogP contribution < -0.4 is 15.4 Å². The highest BCUT2D eigenvalue weighted by molar-refractivity contribution is 7.21. The number of rotatable bonds is 5. The van der Waals surface area contributed by atoms with Crippen molar-refractivity contribution in [3.63, 3.8) is 0 Å². The number of aromatic nitrogens is 3. The predicted octanol–water partition coefficient (Wildman–Crippen LogP) is 4.53. The van der Waals surface area contributed by atoms with Gasteiger partial charge in [0, 0.05) is 46.9 Å². The maximum Gasteiger partial charge on any atom is 0.263 e. The van der Waals surface area contributed by atoms with Gasteiger partial charge in [0.1, 0.15) is 4.88 Å². The van der Waals surface area contributed by atoms with E-state index in [9.17, 15) is 4.79 Å². The molecule has 1 aromatic carbocycles. The van der Waals surface area contributed by atoms with Crippen molar-refractivity contribution in [2.45, 2.75) is 32.1 Å². The Hall–Kier alpha value is -3.05. The number of fused-ring (bicyclic) bond motifs is 5. The zero-order chi connectivity index (χ0) is 23.9. The molecule has 1 amide bonds. The molecule has 2 atom stereocenters. The van der Waals surface area contributed by atoms with Gasteiger partial charge in [0.15, 0.2) is 0 Å². The molecule has 0 saturated carbocycles. The first-order valence-electron chi connectivity index (χ1n) is 11.3. The Balaban J connectivity index is 1.33. The minimum atomic E-state index is -0.0562. The Labute approximate surface area is 209 Å². The Morgan fingerprint density at radius 2 is 2.17 bits per heavy atom. The second kappa shape index (κ2) is 9.19. The summed E-state index contributed by atoms with van der Waals surface area (Å²) < 4.78 is 18.3. The number of benzene rings is 1. The molecule has 35 heavy (non-hydrogen) atoms. The molecule has 9 nitrogen and oxygen atoms in total. The summed E-state index contributed by atoms with van der Waals surface area (Å²) in [6.45, 7) is 4.19. The van der Waals surface area contributed by atoms with E-state index >= 15 is 0 Å². The molecule has 180 valence electrons. The van der Waals surface area contributed by atoms with Crippen LogP contribution in [0.25, 0.3) is 21.0 Å². The average molecular weight is 512 g/mol. The third-order valence-corrected chi connectivity index (χ3v) is 7.36. The van der Waals surface area contributed by atoms with Crippen LogP contribution >= 0.6 is 22.9 Å². The molecule has 0 aliphatic carbocycles. The van der Waals surface area contributed by atoms with Gasteiger partial charge in [-0.1, -0.05) is 0 Å². The molecular weight excluding hydrogens is 490 g/mol. The first-order valence-corrected chi connectivity index (χ1v) is 12.5. The number of carbonyl (C=O) groups excluding carboxylic acids is 1. The number of nitrogens with one attached hydrogen (secondary N) is 2. The van der Waals surface area contributed by atoms with Crippen molar-refractivity contribution in [3.05, 3.63) is 46.2 Å². The van der Waals surface area contributed by atoms with Gasteiger partial charge in [-0.2, -0.15) is 4.98 Å². The van der Waals surface area contributed by atoms with Crippen LogP contribution in [0, 0.1) is 0 Å². The van der Waals surface area contributed by atoms with Gasteiger partial charge in [0.2, 0.25) is 17.0 Å². The number of thiophene rings is 1. The molecular formula is C24H22ClN5O4S. The number of pyridine rings is 1.